The van der Waals surface area contributed by atoms with Gasteiger partial charge in [0.1, 0.15) is 5.76 Å². The van der Waals surface area contributed by atoms with Crippen LogP contribution in [0.1, 0.15) is 11.3 Å². The summed E-state index contributed by atoms with van der Waals surface area (Å²) in [5.74, 6) is 0.879. The summed E-state index contributed by atoms with van der Waals surface area (Å²) in [7, 11) is 0. The second-order valence-electron chi connectivity index (χ2n) is 2.76. The molecule has 1 heterocycles. The Hall–Kier alpha value is -1.76. The molecule has 1 nitrogen and oxygen atoms in total. The maximum atomic E-state index is 5.17. The van der Waals surface area contributed by atoms with E-state index in [1.54, 1.807) is 6.26 Å². The second kappa shape index (κ2) is 3.76. The summed E-state index contributed by atoms with van der Waals surface area (Å²) in [6, 6.07) is 14.0. The monoisotopic (exact) mass is 170 g/mol. The molecule has 0 unspecified atom stereocenters. The molecule has 0 amide bonds. The van der Waals surface area contributed by atoms with Crippen LogP contribution in [0.15, 0.2) is 53.1 Å². The summed E-state index contributed by atoms with van der Waals surface area (Å²) in [6.45, 7) is 0. The second-order valence-corrected chi connectivity index (χ2v) is 2.76. The van der Waals surface area contributed by atoms with E-state index in [2.05, 4.69) is 12.1 Å². The van der Waals surface area contributed by atoms with Crippen molar-refractivity contribution in [3.05, 3.63) is 60.1 Å². The molecule has 0 aliphatic rings. The Morgan fingerprint density at radius 3 is 2.38 bits per heavy atom. The Balaban J connectivity index is 2.15. The molecule has 0 N–H and O–H groups in total. The molecular formula is C12H10O. The van der Waals surface area contributed by atoms with Crippen molar-refractivity contribution in [1.29, 1.82) is 0 Å². The van der Waals surface area contributed by atoms with Gasteiger partial charge in [0.15, 0.2) is 0 Å². The molecule has 1 heteroatoms. The highest BCUT2D eigenvalue weighted by molar-refractivity contribution is 5.67. The van der Waals surface area contributed by atoms with Crippen LogP contribution in [0.5, 0.6) is 0 Å². The molecule has 0 saturated carbocycles. The van der Waals surface area contributed by atoms with Gasteiger partial charge in [0, 0.05) is 0 Å². The van der Waals surface area contributed by atoms with E-state index in [-0.39, 0.29) is 0 Å². The summed E-state index contributed by atoms with van der Waals surface area (Å²) >= 11 is 0. The van der Waals surface area contributed by atoms with Crippen molar-refractivity contribution in [1.82, 2.24) is 0 Å². The van der Waals surface area contributed by atoms with Crippen molar-refractivity contribution < 1.29 is 4.42 Å². The first-order chi connectivity index (χ1) is 6.45. The van der Waals surface area contributed by atoms with E-state index < -0.39 is 0 Å². The summed E-state index contributed by atoms with van der Waals surface area (Å²) in [5.41, 5.74) is 1.18. The molecule has 64 valence electrons. The molecule has 0 saturated heterocycles. The van der Waals surface area contributed by atoms with Crippen LogP contribution in [0.2, 0.25) is 0 Å². The van der Waals surface area contributed by atoms with Crippen molar-refractivity contribution in [3.63, 3.8) is 0 Å². The van der Waals surface area contributed by atoms with Crippen LogP contribution in [-0.4, -0.2) is 0 Å². The van der Waals surface area contributed by atoms with Crippen LogP contribution in [0.25, 0.3) is 12.2 Å². The molecule has 2 rings (SSSR count). The minimum absolute atomic E-state index is 0.879. The molecule has 1 aromatic carbocycles. The first kappa shape index (κ1) is 7.87. The van der Waals surface area contributed by atoms with Gasteiger partial charge in [-0.05, 0) is 23.8 Å². The first-order valence-electron chi connectivity index (χ1n) is 4.22. The highest BCUT2D eigenvalue weighted by atomic mass is 16.3. The summed E-state index contributed by atoms with van der Waals surface area (Å²) < 4.78 is 5.17. The molecule has 0 fully saturated rings. The number of furan rings is 1. The average Bonchev–Trinajstić information content (AvgIpc) is 2.69. The highest BCUT2D eigenvalue weighted by Crippen LogP contribution is 2.07. The number of hydrogen-bond acceptors (Lipinski definition) is 1. The lowest BCUT2D eigenvalue weighted by Gasteiger charge is -1.89. The molecule has 2 aromatic rings. The fourth-order valence-electron chi connectivity index (χ4n) is 1.13. The standard InChI is InChI=1S/C12H10O/c1-2-5-11(6-3-1)8-9-12-7-4-10-13-12/h1-10H/b9-8+. The Labute approximate surface area is 77.3 Å². The Bertz CT molecular complexity index is 371. The van der Waals surface area contributed by atoms with Crippen LogP contribution < -0.4 is 0 Å². The third kappa shape index (κ3) is 2.09. The van der Waals surface area contributed by atoms with Crippen molar-refractivity contribution in [2.45, 2.75) is 0 Å². The zero-order chi connectivity index (χ0) is 8.93. The predicted molar refractivity (Wildman–Crippen MR) is 54.1 cm³/mol. The topological polar surface area (TPSA) is 13.1 Å². The lowest BCUT2D eigenvalue weighted by molar-refractivity contribution is 0.557. The van der Waals surface area contributed by atoms with Crippen molar-refractivity contribution in [3.8, 4) is 0 Å². The normalized spacial score (nSPS) is 10.8. The van der Waals surface area contributed by atoms with E-state index in [9.17, 15) is 0 Å². The smallest absolute Gasteiger partial charge is 0.126 e. The fraction of sp³-hybridized carbons (Fsp3) is 0. The minimum atomic E-state index is 0.879. The Morgan fingerprint density at radius 1 is 0.846 bits per heavy atom. The lowest BCUT2D eigenvalue weighted by atomic mass is 10.2. The number of benzene rings is 1. The van der Waals surface area contributed by atoms with Gasteiger partial charge >= 0.3 is 0 Å². The number of rotatable bonds is 2. The number of hydrogen-bond donors (Lipinski definition) is 0. The van der Waals surface area contributed by atoms with Gasteiger partial charge in [-0.25, -0.2) is 0 Å². The van der Waals surface area contributed by atoms with Crippen molar-refractivity contribution >= 4 is 12.2 Å². The van der Waals surface area contributed by atoms with Crippen LogP contribution in [0.3, 0.4) is 0 Å². The van der Waals surface area contributed by atoms with E-state index in [0.29, 0.717) is 0 Å². The molecule has 1 aromatic heterocycles. The van der Waals surface area contributed by atoms with Gasteiger partial charge in [0.25, 0.3) is 0 Å². The van der Waals surface area contributed by atoms with Gasteiger partial charge in [0.2, 0.25) is 0 Å². The summed E-state index contributed by atoms with van der Waals surface area (Å²) in [5, 5.41) is 0. The molecule has 0 aliphatic carbocycles. The third-order valence-corrected chi connectivity index (χ3v) is 1.78. The highest BCUT2D eigenvalue weighted by Gasteiger charge is 1.87. The lowest BCUT2D eigenvalue weighted by Crippen LogP contribution is -1.67. The van der Waals surface area contributed by atoms with Gasteiger partial charge < -0.3 is 4.42 Å². The Morgan fingerprint density at radius 2 is 1.69 bits per heavy atom. The summed E-state index contributed by atoms with van der Waals surface area (Å²) in [4.78, 5) is 0. The van der Waals surface area contributed by atoms with Gasteiger partial charge in [-0.3, -0.25) is 0 Å². The SMILES string of the molecule is C(=C\c1ccco1)/c1ccccc1. The molecule has 13 heavy (non-hydrogen) atoms. The molecule has 0 aliphatic heterocycles. The van der Waals surface area contributed by atoms with Crippen LogP contribution in [0.4, 0.5) is 0 Å². The Kier molecular flexibility index (Phi) is 2.28. The molecular weight excluding hydrogens is 160 g/mol. The summed E-state index contributed by atoms with van der Waals surface area (Å²) in [6.07, 6.45) is 5.65. The largest absolute Gasteiger partial charge is 0.465 e. The van der Waals surface area contributed by atoms with Crippen LogP contribution >= 0.6 is 0 Å². The fourth-order valence-corrected chi connectivity index (χ4v) is 1.13. The van der Waals surface area contributed by atoms with E-state index in [1.165, 1.54) is 5.56 Å². The molecule has 0 atom stereocenters. The van der Waals surface area contributed by atoms with E-state index >= 15 is 0 Å². The molecule has 0 spiro atoms. The van der Waals surface area contributed by atoms with Gasteiger partial charge in [-0.15, -0.1) is 0 Å². The predicted octanol–water partition coefficient (Wildman–Crippen LogP) is 3.45. The molecule has 0 bridgehead atoms. The van der Waals surface area contributed by atoms with Gasteiger partial charge in [-0.2, -0.15) is 0 Å². The van der Waals surface area contributed by atoms with Gasteiger partial charge in [0.05, 0.1) is 6.26 Å². The maximum Gasteiger partial charge on any atom is 0.126 e. The molecule has 0 radical (unpaired) electrons. The zero-order valence-electron chi connectivity index (χ0n) is 7.18. The van der Waals surface area contributed by atoms with Crippen molar-refractivity contribution in [2.24, 2.45) is 0 Å². The van der Waals surface area contributed by atoms with Crippen molar-refractivity contribution in [2.75, 3.05) is 0 Å². The zero-order valence-corrected chi connectivity index (χ0v) is 7.18. The van der Waals surface area contributed by atoms with E-state index in [1.807, 2.05) is 42.5 Å². The van der Waals surface area contributed by atoms with Crippen LogP contribution in [-0.2, 0) is 0 Å². The van der Waals surface area contributed by atoms with E-state index in [0.717, 1.165) is 5.76 Å². The first-order valence-corrected chi connectivity index (χ1v) is 4.22. The van der Waals surface area contributed by atoms with Gasteiger partial charge in [-0.1, -0.05) is 36.4 Å². The average molecular weight is 170 g/mol. The third-order valence-electron chi connectivity index (χ3n) is 1.78. The van der Waals surface area contributed by atoms with Crippen LogP contribution in [0, 0.1) is 0 Å². The minimum Gasteiger partial charge on any atom is -0.465 e. The van der Waals surface area contributed by atoms with E-state index in [4.69, 9.17) is 4.42 Å². The maximum absolute atomic E-state index is 5.17. The quantitative estimate of drug-likeness (QED) is 0.672.